The van der Waals surface area contributed by atoms with Crippen LogP contribution in [-0.4, -0.2) is 48.6 Å². The van der Waals surface area contributed by atoms with Gasteiger partial charge in [0.05, 0.1) is 0 Å². The van der Waals surface area contributed by atoms with E-state index >= 15 is 0 Å². The second-order valence-electron chi connectivity index (χ2n) is 5.49. The molecule has 0 aromatic heterocycles. The van der Waals surface area contributed by atoms with Crippen LogP contribution in [-0.2, 0) is 0 Å². The topological polar surface area (TPSA) is 15.3 Å². The molecular weight excluding hydrogens is 228 g/mol. The first-order valence-corrected chi connectivity index (χ1v) is 8.45. The van der Waals surface area contributed by atoms with E-state index in [1.54, 1.807) is 0 Å². The summed E-state index contributed by atoms with van der Waals surface area (Å²) in [5.74, 6) is 0.755. The molecule has 0 amide bonds. The van der Waals surface area contributed by atoms with Gasteiger partial charge in [-0.2, -0.15) is 11.8 Å². The van der Waals surface area contributed by atoms with Crippen LogP contribution in [0.25, 0.3) is 0 Å². The van der Waals surface area contributed by atoms with Gasteiger partial charge in [-0.3, -0.25) is 4.90 Å². The van der Waals surface area contributed by atoms with Crippen molar-refractivity contribution in [3.05, 3.63) is 0 Å². The number of thioether (sulfide) groups is 1. The highest BCUT2D eigenvalue weighted by molar-refractivity contribution is 7.99. The lowest BCUT2D eigenvalue weighted by molar-refractivity contribution is 0.128. The van der Waals surface area contributed by atoms with Crippen molar-refractivity contribution in [3.8, 4) is 0 Å². The molecule has 0 aromatic rings. The van der Waals surface area contributed by atoms with Crippen molar-refractivity contribution in [1.29, 1.82) is 0 Å². The lowest BCUT2D eigenvalue weighted by Gasteiger charge is -2.39. The van der Waals surface area contributed by atoms with Gasteiger partial charge in [-0.15, -0.1) is 0 Å². The van der Waals surface area contributed by atoms with E-state index in [1.807, 2.05) is 11.8 Å². The summed E-state index contributed by atoms with van der Waals surface area (Å²) in [6, 6.07) is 0.726. The maximum atomic E-state index is 3.59. The van der Waals surface area contributed by atoms with E-state index in [2.05, 4.69) is 37.2 Å². The lowest BCUT2D eigenvalue weighted by atomic mass is 9.99. The maximum absolute atomic E-state index is 3.59. The molecule has 0 radical (unpaired) electrons. The molecule has 17 heavy (non-hydrogen) atoms. The number of hydrogen-bond donors (Lipinski definition) is 1. The van der Waals surface area contributed by atoms with Gasteiger partial charge in [0.1, 0.15) is 0 Å². The van der Waals surface area contributed by atoms with Gasteiger partial charge in [0.25, 0.3) is 0 Å². The molecule has 1 rings (SSSR count). The van der Waals surface area contributed by atoms with Crippen molar-refractivity contribution in [3.63, 3.8) is 0 Å². The Balaban J connectivity index is 2.37. The van der Waals surface area contributed by atoms with Crippen LogP contribution in [0.15, 0.2) is 0 Å². The minimum absolute atomic E-state index is 0.726. The van der Waals surface area contributed by atoms with E-state index in [0.29, 0.717) is 0 Å². The van der Waals surface area contributed by atoms with Crippen LogP contribution in [0.2, 0.25) is 0 Å². The third-order valence-electron chi connectivity index (χ3n) is 3.83. The Labute approximate surface area is 112 Å². The van der Waals surface area contributed by atoms with Crippen LogP contribution in [0.1, 0.15) is 40.0 Å². The van der Waals surface area contributed by atoms with Crippen molar-refractivity contribution in [1.82, 2.24) is 10.2 Å². The first-order valence-electron chi connectivity index (χ1n) is 7.16. The Bertz CT molecular complexity index is 189. The summed E-state index contributed by atoms with van der Waals surface area (Å²) in [6.07, 6.45) is 6.23. The highest BCUT2D eigenvalue weighted by atomic mass is 32.2. The highest BCUT2D eigenvalue weighted by Crippen LogP contribution is 2.24. The standard InChI is InChI=1S/C14H30N2S/c1-5-8-15-11-14(12(2)3)16-9-6-13(17-4)7-10-16/h12-15H,5-11H2,1-4H3. The van der Waals surface area contributed by atoms with Crippen molar-refractivity contribution in [2.45, 2.75) is 51.3 Å². The molecule has 0 bridgehead atoms. The van der Waals surface area contributed by atoms with Crippen LogP contribution >= 0.6 is 11.8 Å². The molecule has 1 heterocycles. The Morgan fingerprint density at radius 3 is 2.41 bits per heavy atom. The Morgan fingerprint density at radius 1 is 1.29 bits per heavy atom. The molecule has 3 heteroatoms. The maximum Gasteiger partial charge on any atom is 0.0243 e. The van der Waals surface area contributed by atoms with E-state index in [0.717, 1.165) is 30.3 Å². The number of hydrogen-bond acceptors (Lipinski definition) is 3. The van der Waals surface area contributed by atoms with Gasteiger partial charge < -0.3 is 5.32 Å². The fourth-order valence-electron chi connectivity index (χ4n) is 2.66. The van der Waals surface area contributed by atoms with Crippen LogP contribution in [0, 0.1) is 5.92 Å². The first kappa shape index (κ1) is 15.3. The number of nitrogens with zero attached hydrogens (tertiary/aromatic N) is 1. The Kier molecular flexibility index (Phi) is 7.56. The van der Waals surface area contributed by atoms with Crippen LogP contribution in [0.4, 0.5) is 0 Å². The lowest BCUT2D eigenvalue weighted by Crippen LogP contribution is -2.49. The minimum Gasteiger partial charge on any atom is -0.315 e. The van der Waals surface area contributed by atoms with Gasteiger partial charge in [0, 0.05) is 17.8 Å². The third-order valence-corrected chi connectivity index (χ3v) is 4.97. The quantitative estimate of drug-likeness (QED) is 0.707. The highest BCUT2D eigenvalue weighted by Gasteiger charge is 2.26. The molecule has 0 aliphatic carbocycles. The number of piperidine rings is 1. The molecule has 1 fully saturated rings. The van der Waals surface area contributed by atoms with Crippen molar-refractivity contribution in [2.75, 3.05) is 32.4 Å². The molecule has 1 aliphatic rings. The van der Waals surface area contributed by atoms with Crippen molar-refractivity contribution >= 4 is 11.8 Å². The average molecular weight is 258 g/mol. The van der Waals surface area contributed by atoms with Gasteiger partial charge in [-0.1, -0.05) is 20.8 Å². The molecule has 2 nitrogen and oxygen atoms in total. The molecule has 1 atom stereocenters. The second-order valence-corrected chi connectivity index (χ2v) is 6.62. The monoisotopic (exact) mass is 258 g/mol. The molecule has 1 saturated heterocycles. The first-order chi connectivity index (χ1) is 8.19. The largest absolute Gasteiger partial charge is 0.315 e. The summed E-state index contributed by atoms with van der Waals surface area (Å²) in [5, 5.41) is 4.50. The van der Waals surface area contributed by atoms with E-state index in [-0.39, 0.29) is 0 Å². The van der Waals surface area contributed by atoms with Gasteiger partial charge >= 0.3 is 0 Å². The predicted molar refractivity (Wildman–Crippen MR) is 79.9 cm³/mol. The predicted octanol–water partition coefficient (Wildman–Crippen LogP) is 2.84. The molecule has 1 unspecified atom stereocenters. The van der Waals surface area contributed by atoms with Gasteiger partial charge in [0.2, 0.25) is 0 Å². The summed E-state index contributed by atoms with van der Waals surface area (Å²) in [6.45, 7) is 11.9. The SMILES string of the molecule is CCCNCC(C(C)C)N1CCC(SC)CC1. The smallest absolute Gasteiger partial charge is 0.0243 e. The second kappa shape index (κ2) is 8.39. The van der Waals surface area contributed by atoms with Crippen LogP contribution in [0.5, 0.6) is 0 Å². The number of nitrogens with one attached hydrogen (secondary N) is 1. The van der Waals surface area contributed by atoms with Gasteiger partial charge in [0.15, 0.2) is 0 Å². The van der Waals surface area contributed by atoms with E-state index < -0.39 is 0 Å². The van der Waals surface area contributed by atoms with Crippen LogP contribution in [0.3, 0.4) is 0 Å². The summed E-state index contributed by atoms with van der Waals surface area (Å²) in [4.78, 5) is 2.71. The minimum atomic E-state index is 0.726. The van der Waals surface area contributed by atoms with Gasteiger partial charge in [-0.05, 0) is 51.1 Å². The molecule has 0 aromatic carbocycles. The number of rotatable bonds is 7. The van der Waals surface area contributed by atoms with Gasteiger partial charge in [-0.25, -0.2) is 0 Å². The molecular formula is C14H30N2S. The summed E-state index contributed by atoms with van der Waals surface area (Å²) < 4.78 is 0. The van der Waals surface area contributed by atoms with Crippen molar-refractivity contribution < 1.29 is 0 Å². The zero-order valence-electron chi connectivity index (χ0n) is 12.0. The fraction of sp³-hybridized carbons (Fsp3) is 1.00. The summed E-state index contributed by atoms with van der Waals surface area (Å²) in [7, 11) is 0. The summed E-state index contributed by atoms with van der Waals surface area (Å²) >= 11 is 2.05. The fourth-order valence-corrected chi connectivity index (χ4v) is 3.34. The molecule has 1 aliphatic heterocycles. The van der Waals surface area contributed by atoms with E-state index in [9.17, 15) is 0 Å². The Hall–Kier alpha value is 0.270. The zero-order chi connectivity index (χ0) is 12.7. The zero-order valence-corrected chi connectivity index (χ0v) is 12.9. The Morgan fingerprint density at radius 2 is 1.94 bits per heavy atom. The average Bonchev–Trinajstić information content (AvgIpc) is 2.34. The van der Waals surface area contributed by atoms with E-state index in [4.69, 9.17) is 0 Å². The third kappa shape index (κ3) is 5.19. The van der Waals surface area contributed by atoms with E-state index in [1.165, 1.54) is 32.4 Å². The molecule has 1 N–H and O–H groups in total. The molecule has 0 spiro atoms. The molecule has 0 saturated carbocycles. The summed E-state index contributed by atoms with van der Waals surface area (Å²) in [5.41, 5.74) is 0. The van der Waals surface area contributed by atoms with Crippen LogP contribution < -0.4 is 5.32 Å². The van der Waals surface area contributed by atoms with Crippen molar-refractivity contribution in [2.24, 2.45) is 5.92 Å². The molecule has 102 valence electrons. The normalized spacial score (nSPS) is 21.0. The number of likely N-dealkylation sites (tertiary alicyclic amines) is 1.